The molecule has 0 nitrogen and oxygen atoms in total. The molecule has 0 spiro atoms. The lowest BCUT2D eigenvalue weighted by Crippen LogP contribution is -2.25. The van der Waals surface area contributed by atoms with Gasteiger partial charge in [0.1, 0.15) is 0 Å². The first kappa shape index (κ1) is 13.5. The summed E-state index contributed by atoms with van der Waals surface area (Å²) in [4.78, 5) is 0. The maximum Gasteiger partial charge on any atom is 0.0789 e. The zero-order valence-electron chi connectivity index (χ0n) is 8.52. The van der Waals surface area contributed by atoms with Crippen molar-refractivity contribution >= 4 is 71.4 Å². The van der Waals surface area contributed by atoms with Gasteiger partial charge in [0.25, 0.3) is 0 Å². The first-order chi connectivity index (χ1) is 7.35. The summed E-state index contributed by atoms with van der Waals surface area (Å²) in [6, 6.07) is 0. The van der Waals surface area contributed by atoms with Crippen LogP contribution in [0, 0.1) is 0 Å². The van der Waals surface area contributed by atoms with E-state index in [2.05, 4.69) is 71.4 Å². The van der Waals surface area contributed by atoms with Crippen LogP contribution >= 0.6 is 71.4 Å². The number of hydrogen-bond donors (Lipinski definition) is 1. The largest absolute Gasteiger partial charge is 0.177 e. The van der Waals surface area contributed by atoms with Crippen molar-refractivity contribution in [3.8, 4) is 0 Å². The minimum Gasteiger partial charge on any atom is -0.177 e. The van der Waals surface area contributed by atoms with E-state index in [0.29, 0.717) is 4.08 Å². The standard InChI is InChI=1S/C9H16S6/c10-6-9(14-3-4-15-9)7-13-8-5-11-1-2-12-8/h8,10H,1-7H2. The van der Waals surface area contributed by atoms with Crippen molar-refractivity contribution in [1.29, 1.82) is 0 Å². The first-order valence-electron chi connectivity index (χ1n) is 5.04. The van der Waals surface area contributed by atoms with Gasteiger partial charge in [-0.2, -0.15) is 24.4 Å². The van der Waals surface area contributed by atoms with Crippen LogP contribution in [-0.4, -0.2) is 48.9 Å². The van der Waals surface area contributed by atoms with Gasteiger partial charge >= 0.3 is 0 Å². The molecule has 1 unspecified atom stereocenters. The molecule has 15 heavy (non-hydrogen) atoms. The van der Waals surface area contributed by atoms with E-state index in [1.165, 1.54) is 34.5 Å². The molecule has 0 radical (unpaired) electrons. The first-order valence-corrected chi connectivity index (χ1v) is 10.9. The van der Waals surface area contributed by atoms with Crippen LogP contribution in [0.5, 0.6) is 0 Å². The topological polar surface area (TPSA) is 0 Å². The van der Waals surface area contributed by atoms with E-state index in [1.807, 2.05) is 0 Å². The fraction of sp³-hybridized carbons (Fsp3) is 1.00. The number of hydrogen-bond acceptors (Lipinski definition) is 6. The highest BCUT2D eigenvalue weighted by molar-refractivity contribution is 8.24. The molecule has 0 N–H and O–H groups in total. The molecular formula is C9H16S6. The highest BCUT2D eigenvalue weighted by atomic mass is 32.2. The second kappa shape index (κ2) is 6.88. The van der Waals surface area contributed by atoms with Gasteiger partial charge in [0, 0.05) is 40.3 Å². The minimum atomic E-state index is 0.427. The van der Waals surface area contributed by atoms with Crippen molar-refractivity contribution in [2.45, 2.75) is 8.66 Å². The van der Waals surface area contributed by atoms with E-state index in [-0.39, 0.29) is 0 Å². The maximum absolute atomic E-state index is 4.53. The quantitative estimate of drug-likeness (QED) is 0.784. The lowest BCUT2D eigenvalue weighted by molar-refractivity contribution is 1.08. The van der Waals surface area contributed by atoms with Crippen molar-refractivity contribution in [2.75, 3.05) is 40.3 Å². The van der Waals surface area contributed by atoms with Gasteiger partial charge < -0.3 is 0 Å². The summed E-state index contributed by atoms with van der Waals surface area (Å²) in [5, 5.41) is 0. The van der Waals surface area contributed by atoms with Crippen LogP contribution in [0.1, 0.15) is 0 Å². The summed E-state index contributed by atoms with van der Waals surface area (Å²) < 4.78 is 1.26. The molecular weight excluding hydrogens is 301 g/mol. The third-order valence-electron chi connectivity index (χ3n) is 2.33. The molecule has 0 aromatic heterocycles. The predicted molar refractivity (Wildman–Crippen MR) is 87.5 cm³/mol. The van der Waals surface area contributed by atoms with Gasteiger partial charge in [-0.05, 0) is 0 Å². The van der Waals surface area contributed by atoms with Gasteiger partial charge in [0.05, 0.1) is 8.66 Å². The van der Waals surface area contributed by atoms with Crippen molar-refractivity contribution in [2.24, 2.45) is 0 Å². The molecule has 0 aliphatic carbocycles. The molecule has 0 aromatic rings. The Hall–Kier alpha value is 2.10. The number of rotatable bonds is 4. The smallest absolute Gasteiger partial charge is 0.0789 e. The summed E-state index contributed by atoms with van der Waals surface area (Å²) in [5.41, 5.74) is 0. The van der Waals surface area contributed by atoms with Crippen molar-refractivity contribution in [3.05, 3.63) is 0 Å². The third-order valence-corrected chi connectivity index (χ3v) is 11.8. The van der Waals surface area contributed by atoms with E-state index >= 15 is 0 Å². The lowest BCUT2D eigenvalue weighted by Gasteiger charge is -2.28. The van der Waals surface area contributed by atoms with Gasteiger partial charge in [-0.15, -0.1) is 47.0 Å². The van der Waals surface area contributed by atoms with E-state index in [9.17, 15) is 0 Å². The number of thiol groups is 1. The van der Waals surface area contributed by atoms with Crippen LogP contribution < -0.4 is 0 Å². The summed E-state index contributed by atoms with van der Waals surface area (Å²) >= 11 is 15.2. The second-order valence-electron chi connectivity index (χ2n) is 3.45. The fourth-order valence-electron chi connectivity index (χ4n) is 1.50. The Morgan fingerprint density at radius 2 is 2.00 bits per heavy atom. The normalized spacial score (nSPS) is 30.6. The summed E-state index contributed by atoms with van der Waals surface area (Å²) in [7, 11) is 0. The molecule has 2 saturated heterocycles. The van der Waals surface area contributed by atoms with E-state index in [1.54, 1.807) is 0 Å². The monoisotopic (exact) mass is 316 g/mol. The molecule has 6 heteroatoms. The summed E-state index contributed by atoms with van der Waals surface area (Å²) in [5.74, 6) is 8.98. The van der Waals surface area contributed by atoms with Gasteiger partial charge in [-0.1, -0.05) is 0 Å². The van der Waals surface area contributed by atoms with Crippen LogP contribution in [0.3, 0.4) is 0 Å². The molecule has 2 aliphatic heterocycles. The molecule has 88 valence electrons. The van der Waals surface area contributed by atoms with Crippen molar-refractivity contribution in [1.82, 2.24) is 0 Å². The fourth-order valence-corrected chi connectivity index (χ4v) is 10.1. The third kappa shape index (κ3) is 4.05. The van der Waals surface area contributed by atoms with E-state index < -0.39 is 0 Å². The molecule has 0 saturated carbocycles. The molecule has 2 fully saturated rings. The van der Waals surface area contributed by atoms with Crippen LogP contribution in [0.25, 0.3) is 0 Å². The summed E-state index contributed by atoms with van der Waals surface area (Å²) in [6.07, 6.45) is 0. The lowest BCUT2D eigenvalue weighted by atomic mass is 10.5. The highest BCUT2D eigenvalue weighted by Gasteiger charge is 2.35. The SMILES string of the molecule is SCC1(CSC2CSCCS2)SCCS1. The zero-order chi connectivity index (χ0) is 10.6. The Balaban J connectivity index is 1.75. The average molecular weight is 317 g/mol. The second-order valence-corrected chi connectivity index (χ2v) is 10.9. The summed E-state index contributed by atoms with van der Waals surface area (Å²) in [6.45, 7) is 0. The Labute approximate surface area is 119 Å². The van der Waals surface area contributed by atoms with Crippen molar-refractivity contribution in [3.63, 3.8) is 0 Å². The molecule has 0 amide bonds. The average Bonchev–Trinajstić information content (AvgIpc) is 2.77. The van der Waals surface area contributed by atoms with Gasteiger partial charge in [-0.25, -0.2) is 0 Å². The van der Waals surface area contributed by atoms with Crippen molar-refractivity contribution < 1.29 is 0 Å². The van der Waals surface area contributed by atoms with Crippen LogP contribution in [0.4, 0.5) is 0 Å². The van der Waals surface area contributed by atoms with Gasteiger partial charge in [-0.3, -0.25) is 0 Å². The van der Waals surface area contributed by atoms with Crippen LogP contribution in [0.2, 0.25) is 0 Å². The van der Waals surface area contributed by atoms with Gasteiger partial charge in [0.2, 0.25) is 0 Å². The molecule has 1 atom stereocenters. The molecule has 0 aromatic carbocycles. The highest BCUT2D eigenvalue weighted by Crippen LogP contribution is 2.48. The molecule has 2 aliphatic rings. The van der Waals surface area contributed by atoms with Crippen LogP contribution in [-0.2, 0) is 0 Å². The number of thioether (sulfide) groups is 5. The zero-order valence-corrected chi connectivity index (χ0v) is 13.5. The predicted octanol–water partition coefficient (Wildman–Crippen LogP) is 3.63. The molecule has 2 heterocycles. The minimum absolute atomic E-state index is 0.427. The maximum atomic E-state index is 4.53. The Bertz CT molecular complexity index is 185. The Morgan fingerprint density at radius 1 is 1.20 bits per heavy atom. The molecule has 2 rings (SSSR count). The van der Waals surface area contributed by atoms with E-state index in [0.717, 1.165) is 10.3 Å². The van der Waals surface area contributed by atoms with Crippen LogP contribution in [0.15, 0.2) is 0 Å². The van der Waals surface area contributed by atoms with E-state index in [4.69, 9.17) is 0 Å². The Kier molecular flexibility index (Phi) is 6.21. The Morgan fingerprint density at radius 3 is 2.60 bits per heavy atom. The molecule has 0 bridgehead atoms. The van der Waals surface area contributed by atoms with Gasteiger partial charge in [0.15, 0.2) is 0 Å².